The van der Waals surface area contributed by atoms with Gasteiger partial charge < -0.3 is 9.88 Å². The van der Waals surface area contributed by atoms with Crippen LogP contribution in [0.25, 0.3) is 11.5 Å². The Balaban J connectivity index is 2.11. The Bertz CT molecular complexity index is 457. The SMILES string of the molecule is CC1NCCn2c(-c3ccn[nH]3)nnc21. The average molecular weight is 204 g/mol. The normalized spacial score (nSPS) is 20.2. The number of H-pyrrole nitrogens is 1. The van der Waals surface area contributed by atoms with Crippen molar-refractivity contribution in [3.8, 4) is 11.5 Å². The molecule has 0 bridgehead atoms. The Morgan fingerprint density at radius 3 is 3.20 bits per heavy atom. The largest absolute Gasteiger partial charge is 0.307 e. The summed E-state index contributed by atoms with van der Waals surface area (Å²) in [6.07, 6.45) is 1.72. The van der Waals surface area contributed by atoms with Crippen molar-refractivity contribution >= 4 is 0 Å². The summed E-state index contributed by atoms with van der Waals surface area (Å²) in [7, 11) is 0. The molecule has 0 amide bonds. The molecule has 0 saturated heterocycles. The summed E-state index contributed by atoms with van der Waals surface area (Å²) >= 11 is 0. The predicted octanol–water partition coefficient (Wildman–Crippen LogP) is 0.332. The number of aromatic nitrogens is 5. The van der Waals surface area contributed by atoms with E-state index in [0.29, 0.717) is 0 Å². The van der Waals surface area contributed by atoms with Gasteiger partial charge in [-0.25, -0.2) is 0 Å². The molecular weight excluding hydrogens is 192 g/mol. The fourth-order valence-corrected chi connectivity index (χ4v) is 1.92. The third-order valence-corrected chi connectivity index (χ3v) is 2.69. The first kappa shape index (κ1) is 8.60. The number of fused-ring (bicyclic) bond motifs is 1. The first-order valence-electron chi connectivity index (χ1n) is 5.02. The van der Waals surface area contributed by atoms with Gasteiger partial charge in [-0.1, -0.05) is 0 Å². The predicted molar refractivity (Wildman–Crippen MR) is 54.0 cm³/mol. The van der Waals surface area contributed by atoms with Crippen molar-refractivity contribution in [2.24, 2.45) is 0 Å². The van der Waals surface area contributed by atoms with Gasteiger partial charge in [0.2, 0.25) is 0 Å². The van der Waals surface area contributed by atoms with E-state index in [1.54, 1.807) is 6.20 Å². The highest BCUT2D eigenvalue weighted by molar-refractivity contribution is 5.48. The van der Waals surface area contributed by atoms with E-state index < -0.39 is 0 Å². The molecule has 1 aliphatic rings. The molecule has 1 unspecified atom stereocenters. The van der Waals surface area contributed by atoms with E-state index in [2.05, 4.69) is 37.2 Å². The van der Waals surface area contributed by atoms with Crippen molar-refractivity contribution in [1.82, 2.24) is 30.3 Å². The second-order valence-corrected chi connectivity index (χ2v) is 3.68. The third kappa shape index (κ3) is 1.25. The summed E-state index contributed by atoms with van der Waals surface area (Å²) in [6, 6.07) is 2.17. The molecule has 1 aliphatic heterocycles. The zero-order valence-corrected chi connectivity index (χ0v) is 8.44. The van der Waals surface area contributed by atoms with E-state index in [9.17, 15) is 0 Å². The standard InChI is InChI=1S/C9H12N6/c1-6-8-13-14-9(7-2-3-11-12-7)15(8)5-4-10-6/h2-3,6,10H,4-5H2,1H3,(H,11,12). The number of hydrogen-bond acceptors (Lipinski definition) is 4. The molecule has 0 spiro atoms. The van der Waals surface area contributed by atoms with Gasteiger partial charge in [0.05, 0.1) is 6.04 Å². The van der Waals surface area contributed by atoms with E-state index in [1.807, 2.05) is 6.07 Å². The summed E-state index contributed by atoms with van der Waals surface area (Å²) in [6.45, 7) is 3.95. The molecule has 3 rings (SSSR count). The quantitative estimate of drug-likeness (QED) is 0.702. The van der Waals surface area contributed by atoms with Gasteiger partial charge in [0.15, 0.2) is 5.82 Å². The van der Waals surface area contributed by atoms with Crippen LogP contribution in [0.3, 0.4) is 0 Å². The maximum atomic E-state index is 4.20. The monoisotopic (exact) mass is 204 g/mol. The molecule has 0 aromatic carbocycles. The Labute approximate surface area is 86.7 Å². The molecule has 2 aromatic rings. The fourth-order valence-electron chi connectivity index (χ4n) is 1.92. The lowest BCUT2D eigenvalue weighted by Crippen LogP contribution is -2.32. The van der Waals surface area contributed by atoms with Crippen molar-refractivity contribution in [2.45, 2.75) is 19.5 Å². The van der Waals surface area contributed by atoms with E-state index >= 15 is 0 Å². The van der Waals surface area contributed by atoms with Gasteiger partial charge in [-0.2, -0.15) is 5.10 Å². The van der Waals surface area contributed by atoms with Crippen LogP contribution in [0.15, 0.2) is 12.3 Å². The molecule has 6 heteroatoms. The van der Waals surface area contributed by atoms with Crippen LogP contribution in [0.5, 0.6) is 0 Å². The minimum Gasteiger partial charge on any atom is -0.307 e. The van der Waals surface area contributed by atoms with Crippen molar-refractivity contribution < 1.29 is 0 Å². The van der Waals surface area contributed by atoms with Crippen LogP contribution < -0.4 is 5.32 Å². The number of aromatic amines is 1. The van der Waals surface area contributed by atoms with E-state index in [4.69, 9.17) is 0 Å². The Morgan fingerprint density at radius 1 is 1.47 bits per heavy atom. The third-order valence-electron chi connectivity index (χ3n) is 2.69. The topological polar surface area (TPSA) is 71.4 Å². The highest BCUT2D eigenvalue weighted by Gasteiger charge is 2.22. The van der Waals surface area contributed by atoms with Crippen LogP contribution >= 0.6 is 0 Å². The van der Waals surface area contributed by atoms with E-state index in [-0.39, 0.29) is 6.04 Å². The number of nitrogens with one attached hydrogen (secondary N) is 2. The molecule has 2 aromatic heterocycles. The molecule has 78 valence electrons. The summed E-state index contributed by atoms with van der Waals surface area (Å²) < 4.78 is 2.13. The highest BCUT2D eigenvalue weighted by atomic mass is 15.3. The molecule has 1 atom stereocenters. The Morgan fingerprint density at radius 2 is 2.40 bits per heavy atom. The average Bonchev–Trinajstić information content (AvgIpc) is 2.85. The van der Waals surface area contributed by atoms with Crippen LogP contribution in [-0.4, -0.2) is 31.5 Å². The summed E-state index contributed by atoms with van der Waals surface area (Å²) in [4.78, 5) is 0. The van der Waals surface area contributed by atoms with Crippen LogP contribution in [0.4, 0.5) is 0 Å². The van der Waals surface area contributed by atoms with E-state index in [1.165, 1.54) is 0 Å². The van der Waals surface area contributed by atoms with Gasteiger partial charge in [-0.15, -0.1) is 10.2 Å². The van der Waals surface area contributed by atoms with Crippen LogP contribution in [0, 0.1) is 0 Å². The number of hydrogen-bond donors (Lipinski definition) is 2. The van der Waals surface area contributed by atoms with Gasteiger partial charge in [-0.3, -0.25) is 5.10 Å². The van der Waals surface area contributed by atoms with Crippen molar-refractivity contribution in [3.05, 3.63) is 18.1 Å². The summed E-state index contributed by atoms with van der Waals surface area (Å²) in [5.74, 6) is 1.86. The lowest BCUT2D eigenvalue weighted by atomic mass is 10.2. The van der Waals surface area contributed by atoms with Crippen LogP contribution in [0.2, 0.25) is 0 Å². The molecule has 2 N–H and O–H groups in total. The minimum absolute atomic E-state index is 0.267. The molecule has 0 fully saturated rings. The zero-order valence-electron chi connectivity index (χ0n) is 8.44. The lowest BCUT2D eigenvalue weighted by Gasteiger charge is -2.21. The number of rotatable bonds is 1. The Hall–Kier alpha value is -1.69. The fraction of sp³-hybridized carbons (Fsp3) is 0.444. The van der Waals surface area contributed by atoms with Gasteiger partial charge in [0.25, 0.3) is 0 Å². The van der Waals surface area contributed by atoms with Crippen molar-refractivity contribution in [1.29, 1.82) is 0 Å². The number of nitrogens with zero attached hydrogens (tertiary/aromatic N) is 4. The van der Waals surface area contributed by atoms with Crippen molar-refractivity contribution in [2.75, 3.05) is 6.54 Å². The van der Waals surface area contributed by atoms with Gasteiger partial charge in [-0.05, 0) is 13.0 Å². The zero-order chi connectivity index (χ0) is 10.3. The smallest absolute Gasteiger partial charge is 0.182 e. The van der Waals surface area contributed by atoms with Gasteiger partial charge in [0, 0.05) is 19.3 Å². The highest BCUT2D eigenvalue weighted by Crippen LogP contribution is 2.21. The maximum Gasteiger partial charge on any atom is 0.182 e. The van der Waals surface area contributed by atoms with Crippen molar-refractivity contribution in [3.63, 3.8) is 0 Å². The first-order valence-corrected chi connectivity index (χ1v) is 5.02. The van der Waals surface area contributed by atoms with Gasteiger partial charge >= 0.3 is 0 Å². The molecule has 0 radical (unpaired) electrons. The van der Waals surface area contributed by atoms with Crippen LogP contribution in [0.1, 0.15) is 18.8 Å². The second kappa shape index (κ2) is 3.16. The van der Waals surface area contributed by atoms with Gasteiger partial charge in [0.1, 0.15) is 11.5 Å². The molecule has 15 heavy (non-hydrogen) atoms. The molecular formula is C9H12N6. The Kier molecular flexibility index (Phi) is 1.81. The van der Waals surface area contributed by atoms with Crippen LogP contribution in [-0.2, 0) is 6.54 Å². The van der Waals surface area contributed by atoms with E-state index in [0.717, 1.165) is 30.4 Å². The lowest BCUT2D eigenvalue weighted by molar-refractivity contribution is 0.438. The maximum absolute atomic E-state index is 4.20. The first-order chi connectivity index (χ1) is 7.36. The molecule has 3 heterocycles. The minimum atomic E-state index is 0.267. The molecule has 0 aliphatic carbocycles. The summed E-state index contributed by atoms with van der Waals surface area (Å²) in [5.41, 5.74) is 0.919. The second-order valence-electron chi connectivity index (χ2n) is 3.68. The summed E-state index contributed by atoms with van der Waals surface area (Å²) in [5, 5.41) is 18.6. The molecule has 6 nitrogen and oxygen atoms in total. The molecule has 0 saturated carbocycles.